The summed E-state index contributed by atoms with van der Waals surface area (Å²) in [4.78, 5) is 12.7. The number of carbonyl (C=O) groups is 1. The van der Waals surface area contributed by atoms with Gasteiger partial charge in [-0.25, -0.2) is 0 Å². The van der Waals surface area contributed by atoms with E-state index in [4.69, 9.17) is 4.74 Å². The molecule has 2 unspecified atom stereocenters. The first-order valence-electron chi connectivity index (χ1n) is 7.29. The monoisotopic (exact) mass is 253 g/mol. The predicted octanol–water partition coefficient (Wildman–Crippen LogP) is 2.68. The van der Waals surface area contributed by atoms with Gasteiger partial charge in [-0.2, -0.15) is 0 Å². The van der Waals surface area contributed by atoms with E-state index in [9.17, 15) is 4.79 Å². The Morgan fingerprint density at radius 1 is 1.17 bits per heavy atom. The molecule has 0 spiro atoms. The third kappa shape index (κ3) is 2.94. The highest BCUT2D eigenvalue weighted by molar-refractivity contribution is 5.87. The van der Waals surface area contributed by atoms with Crippen LogP contribution in [0.3, 0.4) is 0 Å². The molecule has 0 aromatic rings. The zero-order valence-corrected chi connectivity index (χ0v) is 12.2. The van der Waals surface area contributed by atoms with Gasteiger partial charge in [0.25, 0.3) is 0 Å². The molecule has 104 valence electrons. The van der Waals surface area contributed by atoms with Gasteiger partial charge in [0.15, 0.2) is 5.78 Å². The summed E-state index contributed by atoms with van der Waals surface area (Å²) in [5.74, 6) is 0.399. The summed E-state index contributed by atoms with van der Waals surface area (Å²) < 4.78 is 6.04. The Hall–Kier alpha value is -0.410. The number of Topliss-reactive ketones (excluding diaryl/α,β-unsaturated/α-hetero) is 1. The van der Waals surface area contributed by atoms with Crippen molar-refractivity contribution in [3.8, 4) is 0 Å². The summed E-state index contributed by atoms with van der Waals surface area (Å²) in [6.07, 6.45) is 5.44. The summed E-state index contributed by atoms with van der Waals surface area (Å²) in [6.45, 7) is 9.26. The quantitative estimate of drug-likeness (QED) is 0.822. The first-order valence-corrected chi connectivity index (χ1v) is 7.29. The second-order valence-corrected chi connectivity index (χ2v) is 6.98. The Balaban J connectivity index is 2.08. The van der Waals surface area contributed by atoms with E-state index >= 15 is 0 Å². The molecule has 0 amide bonds. The molecule has 2 heterocycles. The Morgan fingerprint density at radius 2 is 1.89 bits per heavy atom. The van der Waals surface area contributed by atoms with Crippen molar-refractivity contribution < 1.29 is 9.53 Å². The van der Waals surface area contributed by atoms with Crippen LogP contribution in [0, 0.1) is 5.92 Å². The largest absolute Gasteiger partial charge is 0.369 e. The Labute approximate surface area is 111 Å². The molecule has 2 rings (SSSR count). The number of ether oxygens (including phenoxy) is 1. The first-order chi connectivity index (χ1) is 8.32. The van der Waals surface area contributed by atoms with Crippen LogP contribution in [0.25, 0.3) is 0 Å². The minimum absolute atomic E-state index is 0.0306. The second-order valence-electron chi connectivity index (χ2n) is 6.98. The summed E-state index contributed by atoms with van der Waals surface area (Å²) >= 11 is 0. The second kappa shape index (κ2) is 4.93. The average molecular weight is 253 g/mol. The molecule has 18 heavy (non-hydrogen) atoms. The van der Waals surface area contributed by atoms with Crippen LogP contribution in [0.2, 0.25) is 0 Å². The maximum Gasteiger partial charge on any atom is 0.155 e. The predicted molar refractivity (Wildman–Crippen MR) is 72.6 cm³/mol. The van der Waals surface area contributed by atoms with E-state index in [1.165, 1.54) is 19.3 Å². The van der Waals surface area contributed by atoms with E-state index < -0.39 is 0 Å². The summed E-state index contributed by atoms with van der Waals surface area (Å²) in [7, 11) is 0. The maximum atomic E-state index is 12.7. The molecule has 2 saturated heterocycles. The Kier molecular flexibility index (Phi) is 3.84. The van der Waals surface area contributed by atoms with Crippen molar-refractivity contribution in [1.82, 2.24) is 5.32 Å². The molecule has 3 heteroatoms. The molecular formula is C15H27NO2. The molecule has 2 aliphatic heterocycles. The van der Waals surface area contributed by atoms with Crippen LogP contribution in [0.1, 0.15) is 59.8 Å². The van der Waals surface area contributed by atoms with Gasteiger partial charge in [-0.3, -0.25) is 4.79 Å². The van der Waals surface area contributed by atoms with Crippen molar-refractivity contribution >= 4 is 5.78 Å². The molecule has 0 aliphatic carbocycles. The van der Waals surface area contributed by atoms with Gasteiger partial charge in [0.2, 0.25) is 0 Å². The standard InChI is InChI=1S/C15H27NO2/c1-14(2)10-11(15(3,4)18-14)13(17)12-8-6-5-7-9-16-12/h11-12,16H,5-10H2,1-4H3. The Bertz CT molecular complexity index is 314. The molecule has 2 fully saturated rings. The average Bonchev–Trinajstić information content (AvgIpc) is 2.48. The topological polar surface area (TPSA) is 38.3 Å². The SMILES string of the molecule is CC1(C)CC(C(=O)C2CCCCCN2)C(C)(C)O1. The van der Waals surface area contributed by atoms with Gasteiger partial charge in [-0.1, -0.05) is 12.8 Å². The number of hydrogen-bond acceptors (Lipinski definition) is 3. The lowest BCUT2D eigenvalue weighted by molar-refractivity contribution is -0.131. The van der Waals surface area contributed by atoms with E-state index in [-0.39, 0.29) is 23.2 Å². The number of ketones is 1. The maximum absolute atomic E-state index is 12.7. The van der Waals surface area contributed by atoms with Gasteiger partial charge in [0.05, 0.1) is 23.2 Å². The van der Waals surface area contributed by atoms with E-state index in [0.717, 1.165) is 19.4 Å². The molecule has 0 bridgehead atoms. The van der Waals surface area contributed by atoms with Crippen LogP contribution in [-0.2, 0) is 9.53 Å². The highest BCUT2D eigenvalue weighted by atomic mass is 16.5. The normalized spacial score (nSPS) is 35.1. The minimum Gasteiger partial charge on any atom is -0.369 e. The van der Waals surface area contributed by atoms with Crippen LogP contribution in [0.5, 0.6) is 0 Å². The fourth-order valence-corrected chi connectivity index (χ4v) is 3.52. The molecule has 0 aromatic carbocycles. The van der Waals surface area contributed by atoms with Crippen molar-refractivity contribution in [2.75, 3.05) is 6.54 Å². The molecule has 3 nitrogen and oxygen atoms in total. The highest BCUT2D eigenvalue weighted by Crippen LogP contribution is 2.43. The van der Waals surface area contributed by atoms with E-state index in [1.54, 1.807) is 0 Å². The van der Waals surface area contributed by atoms with Gasteiger partial charge in [-0.15, -0.1) is 0 Å². The van der Waals surface area contributed by atoms with Crippen molar-refractivity contribution in [1.29, 1.82) is 0 Å². The van der Waals surface area contributed by atoms with Gasteiger partial charge < -0.3 is 10.1 Å². The fourth-order valence-electron chi connectivity index (χ4n) is 3.52. The van der Waals surface area contributed by atoms with Crippen LogP contribution >= 0.6 is 0 Å². The number of carbonyl (C=O) groups excluding carboxylic acids is 1. The van der Waals surface area contributed by atoms with Gasteiger partial charge >= 0.3 is 0 Å². The summed E-state index contributed by atoms with van der Waals surface area (Å²) in [5, 5.41) is 3.42. The lowest BCUT2D eigenvalue weighted by atomic mass is 9.81. The molecule has 0 saturated carbocycles. The Morgan fingerprint density at radius 3 is 2.50 bits per heavy atom. The molecule has 0 radical (unpaired) electrons. The number of rotatable bonds is 2. The molecule has 1 N–H and O–H groups in total. The third-order valence-electron chi connectivity index (χ3n) is 4.32. The fraction of sp³-hybridized carbons (Fsp3) is 0.933. The van der Waals surface area contributed by atoms with E-state index in [2.05, 4.69) is 33.0 Å². The smallest absolute Gasteiger partial charge is 0.155 e. The number of nitrogens with one attached hydrogen (secondary N) is 1. The van der Waals surface area contributed by atoms with Crippen molar-refractivity contribution in [3.63, 3.8) is 0 Å². The van der Waals surface area contributed by atoms with Crippen molar-refractivity contribution in [2.24, 2.45) is 5.92 Å². The highest BCUT2D eigenvalue weighted by Gasteiger charge is 2.50. The lowest BCUT2D eigenvalue weighted by Crippen LogP contribution is -2.45. The molecule has 2 aliphatic rings. The zero-order chi connectivity index (χ0) is 13.4. The molecular weight excluding hydrogens is 226 g/mol. The summed E-state index contributed by atoms with van der Waals surface area (Å²) in [6, 6.07) is 0.0503. The molecule has 0 aromatic heterocycles. The van der Waals surface area contributed by atoms with Crippen LogP contribution in [0.15, 0.2) is 0 Å². The third-order valence-corrected chi connectivity index (χ3v) is 4.32. The van der Waals surface area contributed by atoms with Gasteiger partial charge in [0.1, 0.15) is 0 Å². The summed E-state index contributed by atoms with van der Waals surface area (Å²) in [5.41, 5.74) is -0.497. The van der Waals surface area contributed by atoms with Crippen LogP contribution in [-0.4, -0.2) is 29.6 Å². The zero-order valence-electron chi connectivity index (χ0n) is 12.2. The van der Waals surface area contributed by atoms with E-state index in [1.807, 2.05) is 0 Å². The van der Waals surface area contributed by atoms with Crippen LogP contribution in [0.4, 0.5) is 0 Å². The van der Waals surface area contributed by atoms with Crippen molar-refractivity contribution in [2.45, 2.75) is 77.0 Å². The van der Waals surface area contributed by atoms with Gasteiger partial charge in [-0.05, 0) is 53.5 Å². The van der Waals surface area contributed by atoms with Crippen LogP contribution < -0.4 is 5.32 Å². The van der Waals surface area contributed by atoms with E-state index in [0.29, 0.717) is 5.78 Å². The number of hydrogen-bond donors (Lipinski definition) is 1. The molecule has 2 atom stereocenters. The van der Waals surface area contributed by atoms with Crippen molar-refractivity contribution in [3.05, 3.63) is 0 Å². The first kappa shape index (κ1) is 14.0. The minimum atomic E-state index is -0.325. The lowest BCUT2D eigenvalue weighted by Gasteiger charge is -2.28. The van der Waals surface area contributed by atoms with Gasteiger partial charge in [0, 0.05) is 0 Å².